The van der Waals surface area contributed by atoms with Crippen LogP contribution in [0.25, 0.3) is 254 Å². The van der Waals surface area contributed by atoms with Gasteiger partial charge in [0.25, 0.3) is 0 Å². The molecule has 8 nitrogen and oxygen atoms in total. The highest BCUT2D eigenvalue weighted by Crippen LogP contribution is 2.47. The molecular formula is C124H78N8. The molecule has 0 aliphatic heterocycles. The fourth-order valence-corrected chi connectivity index (χ4v) is 21.4. The third-order valence-electron chi connectivity index (χ3n) is 27.4. The summed E-state index contributed by atoms with van der Waals surface area (Å²) in [6.07, 6.45) is 0. The molecule has 0 fully saturated rings. The molecule has 7 aromatic heterocycles. The van der Waals surface area contributed by atoms with E-state index >= 15 is 0 Å². The average Bonchev–Trinajstić information content (AvgIpc) is 1.58. The van der Waals surface area contributed by atoms with Crippen LogP contribution < -0.4 is 0 Å². The summed E-state index contributed by atoms with van der Waals surface area (Å²) >= 11 is 0. The smallest absolute Gasteiger partial charge is 0.162 e. The molecule has 0 saturated heterocycles. The van der Waals surface area contributed by atoms with Gasteiger partial charge in [0, 0.05) is 110 Å². The van der Waals surface area contributed by atoms with Crippen molar-refractivity contribution in [1.82, 2.24) is 37.4 Å². The second-order valence-electron chi connectivity index (χ2n) is 34.8. The van der Waals surface area contributed by atoms with Gasteiger partial charge in [0.2, 0.25) is 0 Å². The van der Waals surface area contributed by atoms with E-state index in [1.165, 1.54) is 76.2 Å². The van der Waals surface area contributed by atoms with Gasteiger partial charge in [0.05, 0.1) is 71.9 Å². The van der Waals surface area contributed by atoms with Crippen LogP contribution in [-0.2, 0) is 0 Å². The Bertz CT molecular complexity index is 8950. The first-order chi connectivity index (χ1) is 65.4. The molecule has 0 unspecified atom stereocenters. The van der Waals surface area contributed by atoms with Crippen LogP contribution >= 0.6 is 0 Å². The Morgan fingerprint density at radius 2 is 0.371 bits per heavy atom. The van der Waals surface area contributed by atoms with Crippen LogP contribution in [0.15, 0.2) is 473 Å². The maximum absolute atomic E-state index is 5.99. The lowest BCUT2D eigenvalue weighted by Crippen LogP contribution is -2.03. The normalized spacial score (nSPS) is 11.9. The molecule has 0 radical (unpaired) electrons. The number of aromatic nitrogens is 8. The third kappa shape index (κ3) is 11.9. The van der Waals surface area contributed by atoms with Crippen LogP contribution in [0.3, 0.4) is 0 Å². The van der Waals surface area contributed by atoms with Crippen molar-refractivity contribution in [3.8, 4) is 124 Å². The summed E-state index contributed by atoms with van der Waals surface area (Å²) in [4.78, 5) is 11.9. The molecule has 27 aromatic rings. The Hall–Kier alpha value is -17.7. The van der Waals surface area contributed by atoms with Gasteiger partial charge < -0.3 is 22.8 Å². The molecule has 0 bridgehead atoms. The van der Waals surface area contributed by atoms with Gasteiger partial charge in [-0.05, 0) is 255 Å². The summed E-state index contributed by atoms with van der Waals surface area (Å²) in [6, 6.07) is 174. The van der Waals surface area contributed by atoms with E-state index in [1.807, 2.05) is 0 Å². The van der Waals surface area contributed by atoms with Crippen LogP contribution in [0, 0.1) is 0 Å². The maximum Gasteiger partial charge on any atom is 0.162 e. The van der Waals surface area contributed by atoms with E-state index in [-0.39, 0.29) is 0 Å². The Morgan fingerprint density at radius 3 is 0.705 bits per heavy atom. The van der Waals surface area contributed by atoms with Crippen LogP contribution in [-0.4, -0.2) is 37.4 Å². The monoisotopic (exact) mass is 1680 g/mol. The van der Waals surface area contributed by atoms with Gasteiger partial charge in [-0.1, -0.05) is 279 Å². The van der Waals surface area contributed by atoms with Crippen LogP contribution in [0.2, 0.25) is 0 Å². The first-order valence-corrected chi connectivity index (χ1v) is 45.2. The largest absolute Gasteiger partial charge is 0.309 e. The van der Waals surface area contributed by atoms with Crippen molar-refractivity contribution < 1.29 is 0 Å². The topological polar surface area (TPSA) is 55.4 Å². The second-order valence-corrected chi connectivity index (χ2v) is 34.8. The van der Waals surface area contributed by atoms with Gasteiger partial charge in [0.1, 0.15) is 5.82 Å². The summed E-state index contributed by atoms with van der Waals surface area (Å²) in [5.41, 5.74) is 35.0. The molecule has 20 aromatic carbocycles. The Balaban J connectivity index is 0.671. The van der Waals surface area contributed by atoms with Gasteiger partial charge in [-0.25, -0.2) is 9.97 Å². The molecule has 0 aliphatic rings. The summed E-state index contributed by atoms with van der Waals surface area (Å²) in [6.45, 7) is 0. The number of hydrogen-bond donors (Lipinski definition) is 0. The van der Waals surface area contributed by atoms with E-state index in [0.717, 1.165) is 172 Å². The molecule has 0 N–H and O–H groups in total. The van der Waals surface area contributed by atoms with E-state index in [4.69, 9.17) is 9.97 Å². The van der Waals surface area contributed by atoms with E-state index in [0.29, 0.717) is 5.82 Å². The van der Waals surface area contributed by atoms with Crippen LogP contribution in [0.4, 0.5) is 0 Å². The molecule has 0 atom stereocenters. The zero-order valence-corrected chi connectivity index (χ0v) is 71.6. The Morgan fingerprint density at radius 1 is 0.129 bits per heavy atom. The number of hydrogen-bond acceptors (Lipinski definition) is 2. The summed E-state index contributed by atoms with van der Waals surface area (Å²) in [5.74, 6) is 1.32. The number of para-hydroxylation sites is 8. The number of rotatable bonds is 14. The fourth-order valence-electron chi connectivity index (χ4n) is 21.4. The number of benzene rings is 20. The highest BCUT2D eigenvalue weighted by molar-refractivity contribution is 6.18. The Kier molecular flexibility index (Phi) is 16.9. The number of fused-ring (bicyclic) bond motifs is 18. The summed E-state index contributed by atoms with van der Waals surface area (Å²) in [5, 5.41) is 14.1. The lowest BCUT2D eigenvalue weighted by atomic mass is 9.93. The quantitative estimate of drug-likeness (QED) is 0.109. The van der Waals surface area contributed by atoms with Gasteiger partial charge in [-0.3, -0.25) is 4.57 Å². The summed E-state index contributed by atoms with van der Waals surface area (Å²) in [7, 11) is 0. The lowest BCUT2D eigenvalue weighted by Gasteiger charge is -2.16. The van der Waals surface area contributed by atoms with Gasteiger partial charge >= 0.3 is 0 Å². The minimum absolute atomic E-state index is 0.584. The third-order valence-corrected chi connectivity index (χ3v) is 27.4. The summed E-state index contributed by atoms with van der Waals surface area (Å²) < 4.78 is 14.4. The highest BCUT2D eigenvalue weighted by Gasteiger charge is 2.26. The molecule has 0 amide bonds. The minimum Gasteiger partial charge on any atom is -0.309 e. The van der Waals surface area contributed by atoms with Crippen molar-refractivity contribution in [2.45, 2.75) is 0 Å². The predicted molar refractivity (Wildman–Crippen MR) is 552 cm³/mol. The van der Waals surface area contributed by atoms with E-state index in [9.17, 15) is 0 Å². The highest BCUT2D eigenvalue weighted by atomic mass is 15.1. The van der Waals surface area contributed by atoms with E-state index in [1.54, 1.807) is 0 Å². The first kappa shape index (κ1) is 74.5. The van der Waals surface area contributed by atoms with Crippen LogP contribution in [0.1, 0.15) is 0 Å². The molecule has 27 rings (SSSR count). The SMILES string of the molecule is c1ccc(-c2ccc(-c3ccccc3)c(-c3cc(-n4c5ccc(-c6ccc7c(c6)c6ccccc6n7-c6ccccc6)cc5c5cc(-c6ccc7c(c6)c6ccccc6n7-c6ccccc6)ccc54)nc(-c4cccc(-n5c6ccc(-c7ccc8c(c7)c7ccccc7n8-c7ccccc7)cc6c6cc(-c7ccc8c(c7)c7ccccc7n8-c7ccccc7)ccc65)c4)n3)c2)cc1. The molecule has 132 heavy (non-hydrogen) atoms. The van der Waals surface area contributed by atoms with Crippen molar-refractivity contribution in [3.63, 3.8) is 0 Å². The fraction of sp³-hybridized carbons (Fsp3) is 0. The van der Waals surface area contributed by atoms with Crippen molar-refractivity contribution >= 4 is 131 Å². The first-order valence-electron chi connectivity index (χ1n) is 45.2. The zero-order chi connectivity index (χ0) is 86.6. The van der Waals surface area contributed by atoms with E-state index < -0.39 is 0 Å². The number of nitrogens with zero attached hydrogens (tertiary/aromatic N) is 8. The average molecular weight is 1680 g/mol. The van der Waals surface area contributed by atoms with Gasteiger partial charge in [-0.2, -0.15) is 0 Å². The molecule has 0 aliphatic carbocycles. The maximum atomic E-state index is 5.99. The lowest BCUT2D eigenvalue weighted by molar-refractivity contribution is 1.05. The second kappa shape index (κ2) is 30.0. The zero-order valence-electron chi connectivity index (χ0n) is 71.6. The van der Waals surface area contributed by atoms with E-state index in [2.05, 4.69) is 501 Å². The standard InChI is InChI=1S/C124H78N8/c1-7-28-79(29-8-1)81-50-59-96(80-30-9-2-10-31-80)101(69-81)110-78-123(132-121-66-57-88(84-53-62-117-104(72-84)99-44-21-25-48-113(99)129(117)93-37-15-5-16-38-93)76-108(121)109-77-89(58-67-122(109)132)85-54-63-118-105(73-85)100-45-22-26-49-114(100)130(118)94-39-17-6-18-40-94)126-124(125-110)90-32-27-41-95(68-90)131-119-64-55-86(82-51-60-115-102(70-82)97-42-19-23-46-111(97)127(115)91-33-11-3-12-34-91)74-106(119)107-75-87(56-65-120(107)131)83-52-61-116-103(71-83)98-43-20-24-47-112(98)128(116)92-35-13-4-14-36-92/h1-78H. The minimum atomic E-state index is 0.584. The molecule has 7 heterocycles. The van der Waals surface area contributed by atoms with Gasteiger partial charge in [0.15, 0.2) is 5.82 Å². The molecule has 0 saturated carbocycles. The van der Waals surface area contributed by atoms with Gasteiger partial charge in [-0.15, -0.1) is 0 Å². The molecule has 0 spiro atoms. The molecular weight excluding hydrogens is 1600 g/mol. The van der Waals surface area contributed by atoms with Crippen molar-refractivity contribution in [1.29, 1.82) is 0 Å². The predicted octanol–water partition coefficient (Wildman–Crippen LogP) is 32.4. The molecule has 8 heteroatoms. The van der Waals surface area contributed by atoms with Crippen molar-refractivity contribution in [2.75, 3.05) is 0 Å². The van der Waals surface area contributed by atoms with Crippen molar-refractivity contribution in [3.05, 3.63) is 473 Å². The van der Waals surface area contributed by atoms with Crippen molar-refractivity contribution in [2.24, 2.45) is 0 Å². The Labute approximate surface area is 759 Å². The molecule has 614 valence electrons. The van der Waals surface area contributed by atoms with Crippen LogP contribution in [0.5, 0.6) is 0 Å².